The molecule has 19 heavy (non-hydrogen) atoms. The number of carbonyl (C=O) groups is 2. The highest BCUT2D eigenvalue weighted by atomic mass is 16.4. The molecule has 1 unspecified atom stereocenters. The van der Waals surface area contributed by atoms with Gasteiger partial charge in [-0.1, -0.05) is 24.3 Å². The first kappa shape index (κ1) is 13.0. The van der Waals surface area contributed by atoms with Gasteiger partial charge in [0, 0.05) is 18.1 Å². The number of hydrogen-bond acceptors (Lipinski definition) is 3. The Labute approximate surface area is 110 Å². The van der Waals surface area contributed by atoms with Gasteiger partial charge in [0.1, 0.15) is 5.92 Å². The van der Waals surface area contributed by atoms with Crippen LogP contribution in [0.2, 0.25) is 0 Å². The Bertz CT molecular complexity index is 620. The van der Waals surface area contributed by atoms with Crippen LogP contribution in [0.3, 0.4) is 0 Å². The van der Waals surface area contributed by atoms with E-state index in [1.807, 2.05) is 30.3 Å². The van der Waals surface area contributed by atoms with Gasteiger partial charge in [-0.3, -0.25) is 14.6 Å². The maximum atomic E-state index is 11.6. The van der Waals surface area contributed by atoms with Gasteiger partial charge in [0.25, 0.3) is 0 Å². The monoisotopic (exact) mass is 258 g/mol. The van der Waals surface area contributed by atoms with Crippen LogP contribution in [-0.2, 0) is 16.1 Å². The van der Waals surface area contributed by atoms with E-state index in [1.165, 1.54) is 6.92 Å². The smallest absolute Gasteiger partial charge is 0.315 e. The molecule has 0 radical (unpaired) electrons. The van der Waals surface area contributed by atoms with Crippen LogP contribution in [0.1, 0.15) is 12.5 Å². The van der Waals surface area contributed by atoms with Gasteiger partial charge in [-0.2, -0.15) is 0 Å². The summed E-state index contributed by atoms with van der Waals surface area (Å²) in [4.78, 5) is 26.5. The Morgan fingerprint density at radius 3 is 2.79 bits per heavy atom. The lowest BCUT2D eigenvalue weighted by Gasteiger charge is -2.09. The molecular formula is C14H14N2O3. The number of carboxylic acids is 1. The van der Waals surface area contributed by atoms with Crippen molar-refractivity contribution >= 4 is 22.8 Å². The minimum absolute atomic E-state index is 0.269. The summed E-state index contributed by atoms with van der Waals surface area (Å²) in [5.41, 5.74) is 1.68. The maximum absolute atomic E-state index is 11.6. The molecule has 0 saturated heterocycles. The molecule has 0 fully saturated rings. The fourth-order valence-corrected chi connectivity index (χ4v) is 1.76. The summed E-state index contributed by atoms with van der Waals surface area (Å²) in [5, 5.41) is 12.3. The van der Waals surface area contributed by atoms with E-state index in [0.717, 1.165) is 16.5 Å². The Morgan fingerprint density at radius 2 is 2.05 bits per heavy atom. The molecule has 2 aromatic rings. The van der Waals surface area contributed by atoms with E-state index in [2.05, 4.69) is 10.3 Å². The molecule has 1 heterocycles. The van der Waals surface area contributed by atoms with Crippen LogP contribution in [0, 0.1) is 5.92 Å². The molecule has 98 valence electrons. The van der Waals surface area contributed by atoms with E-state index in [9.17, 15) is 9.59 Å². The van der Waals surface area contributed by atoms with E-state index < -0.39 is 17.8 Å². The number of aliphatic carboxylic acids is 1. The number of nitrogens with one attached hydrogen (secondary N) is 1. The van der Waals surface area contributed by atoms with Gasteiger partial charge in [-0.25, -0.2) is 0 Å². The number of amides is 1. The fraction of sp³-hybridized carbons (Fsp3) is 0.214. The van der Waals surface area contributed by atoms with Crippen molar-refractivity contribution in [3.63, 3.8) is 0 Å². The molecule has 0 bridgehead atoms. The topological polar surface area (TPSA) is 79.3 Å². The van der Waals surface area contributed by atoms with E-state index >= 15 is 0 Å². The summed E-state index contributed by atoms with van der Waals surface area (Å²) in [7, 11) is 0. The van der Waals surface area contributed by atoms with Crippen LogP contribution in [0.5, 0.6) is 0 Å². The average Bonchev–Trinajstić information content (AvgIpc) is 2.43. The van der Waals surface area contributed by atoms with Crippen molar-refractivity contribution in [2.45, 2.75) is 13.5 Å². The quantitative estimate of drug-likeness (QED) is 0.816. The summed E-state index contributed by atoms with van der Waals surface area (Å²) in [5.74, 6) is -2.68. The number of carboxylic acid groups (broad SMARTS) is 1. The summed E-state index contributed by atoms with van der Waals surface area (Å²) in [6, 6.07) is 9.46. The van der Waals surface area contributed by atoms with E-state index in [0.29, 0.717) is 0 Å². The highest BCUT2D eigenvalue weighted by Gasteiger charge is 2.20. The molecule has 5 nitrogen and oxygen atoms in total. The van der Waals surface area contributed by atoms with Crippen molar-refractivity contribution in [3.05, 3.63) is 42.1 Å². The Kier molecular flexibility index (Phi) is 3.75. The zero-order valence-electron chi connectivity index (χ0n) is 10.5. The molecule has 0 spiro atoms. The second-order valence-corrected chi connectivity index (χ2v) is 4.27. The Balaban J connectivity index is 2.14. The lowest BCUT2D eigenvalue weighted by molar-refractivity contribution is -0.146. The number of rotatable bonds is 4. The largest absolute Gasteiger partial charge is 0.481 e. The Hall–Kier alpha value is -2.43. The van der Waals surface area contributed by atoms with Crippen molar-refractivity contribution in [1.29, 1.82) is 0 Å². The minimum Gasteiger partial charge on any atom is -0.481 e. The normalized spacial score (nSPS) is 12.1. The molecule has 5 heteroatoms. The first-order chi connectivity index (χ1) is 9.09. The number of benzene rings is 1. The number of nitrogens with zero attached hydrogens (tertiary/aromatic N) is 1. The number of hydrogen-bond donors (Lipinski definition) is 2. The molecule has 2 rings (SSSR count). The predicted molar refractivity (Wildman–Crippen MR) is 70.4 cm³/mol. The second-order valence-electron chi connectivity index (χ2n) is 4.27. The van der Waals surface area contributed by atoms with Gasteiger partial charge in [-0.05, 0) is 18.6 Å². The van der Waals surface area contributed by atoms with Crippen molar-refractivity contribution in [2.75, 3.05) is 0 Å². The number of carbonyl (C=O) groups excluding carboxylic acids is 1. The zero-order chi connectivity index (χ0) is 13.8. The average molecular weight is 258 g/mol. The lowest BCUT2D eigenvalue weighted by atomic mass is 10.1. The van der Waals surface area contributed by atoms with Crippen LogP contribution >= 0.6 is 0 Å². The van der Waals surface area contributed by atoms with Gasteiger partial charge in [-0.15, -0.1) is 0 Å². The van der Waals surface area contributed by atoms with Crippen LogP contribution in [0.4, 0.5) is 0 Å². The van der Waals surface area contributed by atoms with Crippen molar-refractivity contribution in [2.24, 2.45) is 5.92 Å². The molecule has 0 aliphatic rings. The van der Waals surface area contributed by atoms with Crippen LogP contribution in [0.15, 0.2) is 36.5 Å². The highest BCUT2D eigenvalue weighted by molar-refractivity contribution is 5.96. The summed E-state index contributed by atoms with van der Waals surface area (Å²) < 4.78 is 0. The molecule has 1 amide bonds. The molecule has 0 aliphatic heterocycles. The summed E-state index contributed by atoms with van der Waals surface area (Å²) >= 11 is 0. The van der Waals surface area contributed by atoms with E-state index in [-0.39, 0.29) is 6.54 Å². The first-order valence-corrected chi connectivity index (χ1v) is 5.92. The third kappa shape index (κ3) is 2.88. The molecule has 2 N–H and O–H groups in total. The minimum atomic E-state index is -1.13. The van der Waals surface area contributed by atoms with Gasteiger partial charge in [0.05, 0.1) is 5.52 Å². The van der Waals surface area contributed by atoms with E-state index in [4.69, 9.17) is 5.11 Å². The predicted octanol–water partition coefficient (Wildman–Crippen LogP) is 1.57. The maximum Gasteiger partial charge on any atom is 0.315 e. The SMILES string of the molecule is CC(C(=O)O)C(=O)NCc1cccc2cccnc12. The van der Waals surface area contributed by atoms with Crippen LogP contribution < -0.4 is 5.32 Å². The highest BCUT2D eigenvalue weighted by Crippen LogP contribution is 2.15. The molecule has 0 aliphatic carbocycles. The third-order valence-corrected chi connectivity index (χ3v) is 2.93. The zero-order valence-corrected chi connectivity index (χ0v) is 10.5. The number of pyridine rings is 1. The standard InChI is InChI=1S/C14H14N2O3/c1-9(14(18)19)13(17)16-8-11-5-2-4-10-6-3-7-15-12(10)11/h2-7,9H,8H2,1H3,(H,16,17)(H,18,19). The van der Waals surface area contributed by atoms with Crippen molar-refractivity contribution in [1.82, 2.24) is 10.3 Å². The number of fused-ring (bicyclic) bond motifs is 1. The lowest BCUT2D eigenvalue weighted by Crippen LogP contribution is -2.33. The second kappa shape index (κ2) is 5.48. The molecule has 0 saturated carbocycles. The van der Waals surface area contributed by atoms with Gasteiger partial charge >= 0.3 is 5.97 Å². The van der Waals surface area contributed by atoms with Gasteiger partial charge in [0.15, 0.2) is 0 Å². The molecule has 1 atom stereocenters. The molecular weight excluding hydrogens is 244 g/mol. The number of aromatic nitrogens is 1. The van der Waals surface area contributed by atoms with Gasteiger partial charge in [0.2, 0.25) is 5.91 Å². The fourth-order valence-electron chi connectivity index (χ4n) is 1.76. The number of para-hydroxylation sites is 1. The summed E-state index contributed by atoms with van der Waals surface area (Å²) in [6.45, 7) is 1.63. The first-order valence-electron chi connectivity index (χ1n) is 5.92. The van der Waals surface area contributed by atoms with Crippen molar-refractivity contribution < 1.29 is 14.7 Å². The molecule has 1 aromatic heterocycles. The third-order valence-electron chi connectivity index (χ3n) is 2.93. The Morgan fingerprint density at radius 1 is 1.32 bits per heavy atom. The van der Waals surface area contributed by atoms with E-state index in [1.54, 1.807) is 6.20 Å². The summed E-state index contributed by atoms with van der Waals surface area (Å²) in [6.07, 6.45) is 1.69. The van der Waals surface area contributed by atoms with Crippen LogP contribution in [0.25, 0.3) is 10.9 Å². The molecule has 1 aromatic carbocycles. The van der Waals surface area contributed by atoms with Crippen molar-refractivity contribution in [3.8, 4) is 0 Å². The van der Waals surface area contributed by atoms with Gasteiger partial charge < -0.3 is 10.4 Å². The van der Waals surface area contributed by atoms with Crippen LogP contribution in [-0.4, -0.2) is 22.0 Å².